The maximum absolute atomic E-state index is 4.44. The van der Waals surface area contributed by atoms with Gasteiger partial charge in [0.05, 0.1) is 0 Å². The quantitative estimate of drug-likeness (QED) is 0.846. The van der Waals surface area contributed by atoms with Crippen molar-refractivity contribution in [2.24, 2.45) is 0 Å². The van der Waals surface area contributed by atoms with E-state index < -0.39 is 0 Å². The molecule has 1 unspecified atom stereocenters. The Morgan fingerprint density at radius 3 is 3.00 bits per heavy atom. The molecule has 1 aliphatic heterocycles. The molecule has 21 heavy (non-hydrogen) atoms. The number of pyridine rings is 1. The van der Waals surface area contributed by atoms with E-state index >= 15 is 0 Å². The molecular formula is C17H24N4. The first kappa shape index (κ1) is 13.1. The minimum atomic E-state index is 0.157. The van der Waals surface area contributed by atoms with Crippen LogP contribution in [0.25, 0.3) is 11.0 Å². The van der Waals surface area contributed by atoms with Gasteiger partial charge >= 0.3 is 0 Å². The van der Waals surface area contributed by atoms with Crippen molar-refractivity contribution in [3.8, 4) is 0 Å². The highest BCUT2D eigenvalue weighted by Crippen LogP contribution is 2.36. The highest BCUT2D eigenvalue weighted by atomic mass is 15.3. The number of H-pyrrole nitrogens is 1. The monoisotopic (exact) mass is 284 g/mol. The number of hydrogen-bond acceptors (Lipinski definition) is 3. The van der Waals surface area contributed by atoms with Crippen LogP contribution in [0.2, 0.25) is 0 Å². The van der Waals surface area contributed by atoms with Crippen LogP contribution < -0.4 is 10.2 Å². The Morgan fingerprint density at radius 2 is 2.10 bits per heavy atom. The van der Waals surface area contributed by atoms with E-state index in [9.17, 15) is 0 Å². The minimum absolute atomic E-state index is 0.157. The van der Waals surface area contributed by atoms with E-state index in [4.69, 9.17) is 0 Å². The first-order valence-corrected chi connectivity index (χ1v) is 8.10. The Bertz CT molecular complexity index is 645. The molecule has 2 atom stereocenters. The minimum Gasteiger partial charge on any atom is -0.365 e. The summed E-state index contributed by atoms with van der Waals surface area (Å²) < 4.78 is 0. The Morgan fingerprint density at radius 1 is 1.24 bits per heavy atom. The van der Waals surface area contributed by atoms with Gasteiger partial charge in [-0.05, 0) is 38.8 Å². The predicted molar refractivity (Wildman–Crippen MR) is 86.7 cm³/mol. The zero-order valence-electron chi connectivity index (χ0n) is 12.9. The molecule has 2 N–H and O–H groups in total. The number of hydrogen-bond donors (Lipinski definition) is 2. The summed E-state index contributed by atoms with van der Waals surface area (Å²) >= 11 is 0. The molecule has 2 fully saturated rings. The molecule has 2 aromatic heterocycles. The van der Waals surface area contributed by atoms with Crippen LogP contribution in [-0.4, -0.2) is 34.1 Å². The van der Waals surface area contributed by atoms with Gasteiger partial charge in [0.2, 0.25) is 0 Å². The van der Waals surface area contributed by atoms with Crippen molar-refractivity contribution in [2.45, 2.75) is 57.2 Å². The number of fused-ring (bicyclic) bond motifs is 2. The average Bonchev–Trinajstić information content (AvgIpc) is 2.93. The molecule has 0 spiro atoms. The fraction of sp³-hybridized carbons (Fsp3) is 0.588. The van der Waals surface area contributed by atoms with Gasteiger partial charge in [0.25, 0.3) is 0 Å². The van der Waals surface area contributed by atoms with E-state index in [1.807, 2.05) is 12.4 Å². The fourth-order valence-corrected chi connectivity index (χ4v) is 4.20. The van der Waals surface area contributed by atoms with Gasteiger partial charge < -0.3 is 15.2 Å². The van der Waals surface area contributed by atoms with Crippen molar-refractivity contribution in [1.29, 1.82) is 0 Å². The SMILES string of the molecule is CC1(C)CN(c2ccnc3[nH]ccc23)[C@H]2CCCCC2N1. The van der Waals surface area contributed by atoms with E-state index in [1.54, 1.807) is 0 Å². The van der Waals surface area contributed by atoms with Crippen LogP contribution in [0.4, 0.5) is 5.69 Å². The van der Waals surface area contributed by atoms with Crippen LogP contribution in [0, 0.1) is 0 Å². The summed E-state index contributed by atoms with van der Waals surface area (Å²) in [5, 5.41) is 5.12. The second-order valence-electron chi connectivity index (χ2n) is 7.18. The smallest absolute Gasteiger partial charge is 0.139 e. The lowest BCUT2D eigenvalue weighted by Crippen LogP contribution is -2.67. The van der Waals surface area contributed by atoms with Gasteiger partial charge in [-0.3, -0.25) is 0 Å². The molecule has 4 rings (SSSR count). The molecule has 1 saturated heterocycles. The summed E-state index contributed by atoms with van der Waals surface area (Å²) in [6.07, 6.45) is 9.22. The number of nitrogens with zero attached hydrogens (tertiary/aromatic N) is 2. The Hall–Kier alpha value is -1.55. The van der Waals surface area contributed by atoms with Crippen molar-refractivity contribution >= 4 is 16.7 Å². The molecule has 0 aromatic carbocycles. The molecule has 112 valence electrons. The number of piperazine rings is 1. The van der Waals surface area contributed by atoms with Crippen molar-refractivity contribution in [3.63, 3.8) is 0 Å². The summed E-state index contributed by atoms with van der Waals surface area (Å²) in [4.78, 5) is 10.3. The van der Waals surface area contributed by atoms with E-state index in [0.29, 0.717) is 12.1 Å². The lowest BCUT2D eigenvalue weighted by Gasteiger charge is -2.52. The number of rotatable bonds is 1. The van der Waals surface area contributed by atoms with Gasteiger partial charge in [-0.2, -0.15) is 0 Å². The number of aromatic amines is 1. The maximum atomic E-state index is 4.44. The number of anilines is 1. The first-order chi connectivity index (χ1) is 10.1. The van der Waals surface area contributed by atoms with Crippen molar-refractivity contribution in [3.05, 3.63) is 24.5 Å². The van der Waals surface area contributed by atoms with Gasteiger partial charge in [0.15, 0.2) is 0 Å². The Balaban J connectivity index is 1.79. The molecule has 0 bridgehead atoms. The molecule has 1 saturated carbocycles. The zero-order chi connectivity index (χ0) is 14.4. The topological polar surface area (TPSA) is 44.0 Å². The average molecular weight is 284 g/mol. The lowest BCUT2D eigenvalue weighted by molar-refractivity contribution is 0.199. The van der Waals surface area contributed by atoms with Gasteiger partial charge in [0.1, 0.15) is 5.65 Å². The molecule has 0 radical (unpaired) electrons. The Kier molecular flexibility index (Phi) is 2.96. The molecule has 4 heteroatoms. The van der Waals surface area contributed by atoms with E-state index in [-0.39, 0.29) is 5.54 Å². The molecule has 1 aliphatic carbocycles. The molecule has 0 amide bonds. The first-order valence-electron chi connectivity index (χ1n) is 8.10. The third kappa shape index (κ3) is 2.22. The molecule has 2 aliphatic rings. The van der Waals surface area contributed by atoms with Crippen LogP contribution in [0.5, 0.6) is 0 Å². The van der Waals surface area contributed by atoms with Crippen LogP contribution in [0.1, 0.15) is 39.5 Å². The van der Waals surface area contributed by atoms with Crippen molar-refractivity contribution < 1.29 is 0 Å². The summed E-state index contributed by atoms with van der Waals surface area (Å²) in [5.41, 5.74) is 2.49. The molecule has 3 heterocycles. The van der Waals surface area contributed by atoms with Crippen LogP contribution in [0.15, 0.2) is 24.5 Å². The lowest BCUT2D eigenvalue weighted by atomic mass is 9.83. The standard InChI is InChI=1S/C17H24N4/c1-17(2)11-21(15-6-4-3-5-13(15)20-17)14-8-10-19-16-12(14)7-9-18-16/h7-10,13,15,20H,3-6,11H2,1-2H3,(H,18,19)/t13?,15-/m0/s1. The van der Waals surface area contributed by atoms with Crippen LogP contribution in [0.3, 0.4) is 0 Å². The summed E-state index contributed by atoms with van der Waals surface area (Å²) in [5.74, 6) is 0. The summed E-state index contributed by atoms with van der Waals surface area (Å²) in [6.45, 7) is 5.69. The van der Waals surface area contributed by atoms with E-state index in [2.05, 4.69) is 46.2 Å². The molecule has 2 aromatic rings. The number of aromatic nitrogens is 2. The zero-order valence-corrected chi connectivity index (χ0v) is 12.9. The predicted octanol–water partition coefficient (Wildman–Crippen LogP) is 3.06. The maximum Gasteiger partial charge on any atom is 0.139 e. The summed E-state index contributed by atoms with van der Waals surface area (Å²) in [7, 11) is 0. The fourth-order valence-electron chi connectivity index (χ4n) is 4.20. The van der Waals surface area contributed by atoms with Crippen LogP contribution >= 0.6 is 0 Å². The second kappa shape index (κ2) is 4.73. The van der Waals surface area contributed by atoms with Gasteiger partial charge in [-0.1, -0.05) is 12.8 Å². The van der Waals surface area contributed by atoms with E-state index in [0.717, 1.165) is 12.2 Å². The molecular weight excluding hydrogens is 260 g/mol. The van der Waals surface area contributed by atoms with Gasteiger partial charge in [0, 0.05) is 47.6 Å². The normalized spacial score (nSPS) is 28.6. The Labute approximate surface area is 125 Å². The number of nitrogens with one attached hydrogen (secondary N) is 2. The van der Waals surface area contributed by atoms with Crippen molar-refractivity contribution in [1.82, 2.24) is 15.3 Å². The second-order valence-corrected chi connectivity index (χ2v) is 7.18. The highest BCUT2D eigenvalue weighted by Gasteiger charge is 2.40. The third-order valence-electron chi connectivity index (χ3n) is 5.02. The van der Waals surface area contributed by atoms with E-state index in [1.165, 1.54) is 36.8 Å². The summed E-state index contributed by atoms with van der Waals surface area (Å²) in [6, 6.07) is 5.57. The largest absolute Gasteiger partial charge is 0.365 e. The third-order valence-corrected chi connectivity index (χ3v) is 5.02. The van der Waals surface area contributed by atoms with Gasteiger partial charge in [-0.15, -0.1) is 0 Å². The van der Waals surface area contributed by atoms with Gasteiger partial charge in [-0.25, -0.2) is 4.98 Å². The molecule has 4 nitrogen and oxygen atoms in total. The van der Waals surface area contributed by atoms with Crippen LogP contribution in [-0.2, 0) is 0 Å². The highest BCUT2D eigenvalue weighted by molar-refractivity contribution is 5.90. The van der Waals surface area contributed by atoms with Crippen molar-refractivity contribution in [2.75, 3.05) is 11.4 Å².